The van der Waals surface area contributed by atoms with Crippen molar-refractivity contribution in [3.05, 3.63) is 29.3 Å². The first kappa shape index (κ1) is 19.0. The van der Waals surface area contributed by atoms with E-state index in [0.29, 0.717) is 24.3 Å². The number of carbonyl (C=O) groups is 4. The maximum absolute atomic E-state index is 12.9. The van der Waals surface area contributed by atoms with Crippen LogP contribution in [0.25, 0.3) is 0 Å². The van der Waals surface area contributed by atoms with Crippen LogP contribution in [0.1, 0.15) is 59.2 Å². The number of imide groups is 2. The van der Waals surface area contributed by atoms with Crippen LogP contribution in [0, 0.1) is 0 Å². The van der Waals surface area contributed by atoms with Gasteiger partial charge in [0.25, 0.3) is 11.8 Å². The average Bonchev–Trinajstić information content (AvgIpc) is 2.90. The molecule has 2 aliphatic rings. The normalized spacial score (nSPS) is 19.3. The lowest BCUT2D eigenvalue weighted by Gasteiger charge is -2.27. The van der Waals surface area contributed by atoms with Crippen molar-refractivity contribution in [3.8, 4) is 0 Å². The zero-order valence-electron chi connectivity index (χ0n) is 15.1. The van der Waals surface area contributed by atoms with Crippen molar-refractivity contribution in [3.63, 3.8) is 0 Å². The summed E-state index contributed by atoms with van der Waals surface area (Å²) in [6.07, 6.45) is 4.29. The summed E-state index contributed by atoms with van der Waals surface area (Å²) in [5.74, 6) is -1.97. The highest BCUT2D eigenvalue weighted by molar-refractivity contribution is 6.25. The topological polar surface area (TPSA) is 122 Å². The number of anilines is 1. The van der Waals surface area contributed by atoms with Gasteiger partial charge in [0.1, 0.15) is 6.04 Å². The van der Waals surface area contributed by atoms with Crippen LogP contribution in [0.15, 0.2) is 18.2 Å². The second kappa shape index (κ2) is 8.30. The van der Waals surface area contributed by atoms with E-state index in [0.717, 1.165) is 30.6 Å². The lowest BCUT2D eigenvalue weighted by molar-refractivity contribution is -0.136. The number of nitrogens with zero attached hydrogens (tertiary/aromatic N) is 1. The van der Waals surface area contributed by atoms with E-state index in [9.17, 15) is 19.2 Å². The van der Waals surface area contributed by atoms with Crippen LogP contribution in [0.4, 0.5) is 5.69 Å². The molecule has 4 N–H and O–H groups in total. The van der Waals surface area contributed by atoms with Gasteiger partial charge in [-0.2, -0.15) is 0 Å². The molecule has 2 aliphatic heterocycles. The van der Waals surface area contributed by atoms with E-state index >= 15 is 0 Å². The van der Waals surface area contributed by atoms with Gasteiger partial charge in [-0.1, -0.05) is 18.9 Å². The molecule has 2 heterocycles. The molecule has 0 radical (unpaired) electrons. The molecule has 8 heteroatoms. The number of hydrogen-bond acceptors (Lipinski definition) is 6. The molecule has 0 spiro atoms. The number of amides is 4. The lowest BCUT2D eigenvalue weighted by Crippen LogP contribution is -2.54. The molecule has 1 unspecified atom stereocenters. The summed E-state index contributed by atoms with van der Waals surface area (Å²) in [6.45, 7) is 1.37. The van der Waals surface area contributed by atoms with Gasteiger partial charge in [0.2, 0.25) is 11.8 Å². The molecule has 27 heavy (non-hydrogen) atoms. The fourth-order valence-electron chi connectivity index (χ4n) is 3.51. The Labute approximate surface area is 157 Å². The Morgan fingerprint density at radius 3 is 2.59 bits per heavy atom. The highest BCUT2D eigenvalue weighted by Gasteiger charge is 2.45. The Bertz CT molecular complexity index is 777. The summed E-state index contributed by atoms with van der Waals surface area (Å²) in [5.41, 5.74) is 6.67. The van der Waals surface area contributed by atoms with Gasteiger partial charge in [0, 0.05) is 18.7 Å². The molecule has 0 saturated carbocycles. The Balaban J connectivity index is 1.72. The van der Waals surface area contributed by atoms with Crippen molar-refractivity contribution in [1.82, 2.24) is 10.2 Å². The molecular formula is C19H24N4O4. The van der Waals surface area contributed by atoms with E-state index in [1.54, 1.807) is 18.2 Å². The summed E-state index contributed by atoms with van der Waals surface area (Å²) < 4.78 is 0. The van der Waals surface area contributed by atoms with Crippen molar-refractivity contribution in [2.45, 2.75) is 44.6 Å². The van der Waals surface area contributed by atoms with Crippen LogP contribution in [-0.2, 0) is 9.59 Å². The van der Waals surface area contributed by atoms with Crippen LogP contribution in [0.3, 0.4) is 0 Å². The Morgan fingerprint density at radius 1 is 1.07 bits per heavy atom. The monoisotopic (exact) mass is 372 g/mol. The molecule has 1 atom stereocenters. The number of carbonyl (C=O) groups excluding carboxylic acids is 4. The van der Waals surface area contributed by atoms with Crippen molar-refractivity contribution >= 4 is 29.3 Å². The highest BCUT2D eigenvalue weighted by atomic mass is 16.2. The minimum Gasteiger partial charge on any atom is -0.384 e. The molecule has 144 valence electrons. The molecular weight excluding hydrogens is 348 g/mol. The third-order valence-electron chi connectivity index (χ3n) is 4.91. The first-order valence-electron chi connectivity index (χ1n) is 9.33. The standard InChI is InChI=1S/C19H24N4O4/c20-10-3-1-2-4-11-21-13-7-5-6-12-16(13)19(27)23(18(12)26)14-8-9-15(24)22-17(14)25/h5-7,14,21H,1-4,8-11,20H2,(H,22,24,25). The number of hydrogen-bond donors (Lipinski definition) is 3. The third kappa shape index (κ3) is 3.85. The molecule has 1 fully saturated rings. The predicted molar refractivity (Wildman–Crippen MR) is 99.1 cm³/mol. The van der Waals surface area contributed by atoms with E-state index in [-0.39, 0.29) is 24.3 Å². The minimum absolute atomic E-state index is 0.109. The van der Waals surface area contributed by atoms with Gasteiger partial charge in [-0.05, 0) is 37.9 Å². The summed E-state index contributed by atoms with van der Waals surface area (Å²) in [4.78, 5) is 50.1. The molecule has 4 amide bonds. The molecule has 1 aromatic carbocycles. The maximum Gasteiger partial charge on any atom is 0.264 e. The molecule has 1 saturated heterocycles. The number of nitrogens with two attached hydrogens (primary N) is 1. The number of nitrogens with one attached hydrogen (secondary N) is 2. The van der Waals surface area contributed by atoms with Gasteiger partial charge in [0.15, 0.2) is 0 Å². The first-order chi connectivity index (χ1) is 13.0. The quantitative estimate of drug-likeness (QED) is 0.463. The largest absolute Gasteiger partial charge is 0.384 e. The summed E-state index contributed by atoms with van der Waals surface area (Å²) >= 11 is 0. The zero-order valence-corrected chi connectivity index (χ0v) is 15.1. The minimum atomic E-state index is -0.945. The summed E-state index contributed by atoms with van der Waals surface area (Å²) in [7, 11) is 0. The number of fused-ring (bicyclic) bond motifs is 1. The van der Waals surface area contributed by atoms with Crippen LogP contribution >= 0.6 is 0 Å². The van der Waals surface area contributed by atoms with E-state index < -0.39 is 23.8 Å². The van der Waals surface area contributed by atoms with Gasteiger partial charge in [-0.15, -0.1) is 0 Å². The van der Waals surface area contributed by atoms with Crippen LogP contribution in [0.2, 0.25) is 0 Å². The predicted octanol–water partition coefficient (Wildman–Crippen LogP) is 1.02. The number of rotatable bonds is 8. The van der Waals surface area contributed by atoms with E-state index in [4.69, 9.17) is 5.73 Å². The summed E-state index contributed by atoms with van der Waals surface area (Å²) in [5, 5.41) is 5.43. The molecule has 1 aromatic rings. The Hall–Kier alpha value is -2.74. The van der Waals surface area contributed by atoms with Crippen LogP contribution < -0.4 is 16.4 Å². The first-order valence-corrected chi connectivity index (χ1v) is 9.33. The van der Waals surface area contributed by atoms with Crippen molar-refractivity contribution in [1.29, 1.82) is 0 Å². The third-order valence-corrected chi connectivity index (χ3v) is 4.91. The van der Waals surface area contributed by atoms with E-state index in [2.05, 4.69) is 10.6 Å². The molecule has 0 aromatic heterocycles. The van der Waals surface area contributed by atoms with Gasteiger partial charge in [-0.25, -0.2) is 0 Å². The maximum atomic E-state index is 12.9. The number of unbranched alkanes of at least 4 members (excludes halogenated alkanes) is 3. The SMILES string of the molecule is NCCCCCCNc1cccc2c1C(=O)N(C1CCC(=O)NC1=O)C2=O. The van der Waals surface area contributed by atoms with Crippen LogP contribution in [0.5, 0.6) is 0 Å². The Morgan fingerprint density at radius 2 is 1.85 bits per heavy atom. The molecule has 0 bridgehead atoms. The Kier molecular flexibility index (Phi) is 5.85. The highest BCUT2D eigenvalue weighted by Crippen LogP contribution is 2.32. The second-order valence-electron chi connectivity index (χ2n) is 6.81. The second-order valence-corrected chi connectivity index (χ2v) is 6.81. The average molecular weight is 372 g/mol. The van der Waals surface area contributed by atoms with Gasteiger partial charge in [0.05, 0.1) is 11.1 Å². The lowest BCUT2D eigenvalue weighted by atomic mass is 10.0. The van der Waals surface area contributed by atoms with Gasteiger partial charge in [-0.3, -0.25) is 29.4 Å². The van der Waals surface area contributed by atoms with E-state index in [1.165, 1.54) is 0 Å². The summed E-state index contributed by atoms with van der Waals surface area (Å²) in [6, 6.07) is 4.12. The van der Waals surface area contributed by atoms with Gasteiger partial charge < -0.3 is 11.1 Å². The molecule has 0 aliphatic carbocycles. The number of benzene rings is 1. The van der Waals surface area contributed by atoms with Crippen LogP contribution in [-0.4, -0.2) is 47.7 Å². The van der Waals surface area contributed by atoms with E-state index in [1.807, 2.05) is 0 Å². The fraction of sp³-hybridized carbons (Fsp3) is 0.474. The number of piperidine rings is 1. The smallest absolute Gasteiger partial charge is 0.264 e. The molecule has 3 rings (SSSR count). The zero-order chi connectivity index (χ0) is 19.4. The molecule has 8 nitrogen and oxygen atoms in total. The fourth-order valence-corrected chi connectivity index (χ4v) is 3.51. The van der Waals surface area contributed by atoms with Crippen molar-refractivity contribution in [2.75, 3.05) is 18.4 Å². The van der Waals surface area contributed by atoms with Gasteiger partial charge >= 0.3 is 0 Å². The van der Waals surface area contributed by atoms with Crippen molar-refractivity contribution < 1.29 is 19.2 Å². The van der Waals surface area contributed by atoms with Crippen molar-refractivity contribution in [2.24, 2.45) is 5.73 Å².